The molecule has 1 atom stereocenters. The molecule has 0 bridgehead atoms. The summed E-state index contributed by atoms with van der Waals surface area (Å²) in [7, 11) is -4.18. The largest absolute Gasteiger partial charge is 0.476 e. The van der Waals surface area contributed by atoms with E-state index >= 15 is 0 Å². The second-order valence-corrected chi connectivity index (χ2v) is 12.5. The highest BCUT2D eigenvalue weighted by atomic mass is 32.2. The molecule has 0 spiro atoms. The van der Waals surface area contributed by atoms with Gasteiger partial charge in [0, 0.05) is 30.5 Å². The Kier molecular flexibility index (Phi) is 6.39. The van der Waals surface area contributed by atoms with Crippen LogP contribution < -0.4 is 14.4 Å². The van der Waals surface area contributed by atoms with Gasteiger partial charge in [0.15, 0.2) is 5.82 Å². The van der Waals surface area contributed by atoms with Crippen molar-refractivity contribution < 1.29 is 31.1 Å². The minimum Gasteiger partial charge on any atom is -0.476 e. The van der Waals surface area contributed by atoms with Gasteiger partial charge in [-0.05, 0) is 51.2 Å². The van der Waals surface area contributed by atoms with E-state index < -0.39 is 39.7 Å². The molecule has 15 heteroatoms. The lowest BCUT2D eigenvalue weighted by atomic mass is 9.97. The van der Waals surface area contributed by atoms with Crippen molar-refractivity contribution >= 4 is 21.7 Å². The highest BCUT2D eigenvalue weighted by Crippen LogP contribution is 2.57. The summed E-state index contributed by atoms with van der Waals surface area (Å²) >= 11 is 0. The van der Waals surface area contributed by atoms with E-state index in [1.807, 2.05) is 18.7 Å². The van der Waals surface area contributed by atoms with Crippen molar-refractivity contribution in [2.75, 3.05) is 18.1 Å². The zero-order valence-electron chi connectivity index (χ0n) is 21.5. The molecule has 4 heterocycles. The van der Waals surface area contributed by atoms with Crippen molar-refractivity contribution in [3.8, 4) is 11.7 Å². The molecule has 2 fully saturated rings. The van der Waals surface area contributed by atoms with Gasteiger partial charge in [0.1, 0.15) is 22.7 Å². The maximum absolute atomic E-state index is 13.2. The molecule has 0 radical (unpaired) electrons. The van der Waals surface area contributed by atoms with Gasteiger partial charge in [-0.25, -0.2) is 22.8 Å². The van der Waals surface area contributed by atoms with Gasteiger partial charge in [0.05, 0.1) is 11.8 Å². The SMILES string of the molecule is C[C@@H]1CN(c2nc(-n3ccc(OCC4(C(F)(F)F)CC4)n3)ccc2C(=O)NS(=O)(=O)c2cn[nH]c2)C(C)(C)C1. The molecule has 210 valence electrons. The van der Waals surface area contributed by atoms with Crippen molar-refractivity contribution in [1.29, 1.82) is 0 Å². The predicted octanol–water partition coefficient (Wildman–Crippen LogP) is 3.46. The van der Waals surface area contributed by atoms with Gasteiger partial charge in [-0.15, -0.1) is 5.10 Å². The highest BCUT2D eigenvalue weighted by molar-refractivity contribution is 7.90. The third kappa shape index (κ3) is 5.18. The normalized spacial score (nSPS) is 20.2. The van der Waals surface area contributed by atoms with Crippen LogP contribution in [0.15, 0.2) is 41.7 Å². The molecule has 11 nitrogen and oxygen atoms in total. The number of alkyl halides is 3. The minimum absolute atomic E-state index is 0.0111. The summed E-state index contributed by atoms with van der Waals surface area (Å²) in [6, 6.07) is 4.36. The fourth-order valence-corrected chi connectivity index (χ4v) is 5.79. The number of carbonyl (C=O) groups is 1. The van der Waals surface area contributed by atoms with Crippen molar-refractivity contribution in [3.05, 3.63) is 42.4 Å². The molecule has 3 aromatic heterocycles. The summed E-state index contributed by atoms with van der Waals surface area (Å²) in [6.45, 7) is 6.13. The predicted molar refractivity (Wildman–Crippen MR) is 133 cm³/mol. The topological polar surface area (TPSA) is 135 Å². The maximum Gasteiger partial charge on any atom is 0.397 e. The van der Waals surface area contributed by atoms with Gasteiger partial charge in [-0.2, -0.15) is 18.3 Å². The number of H-pyrrole nitrogens is 1. The highest BCUT2D eigenvalue weighted by Gasteiger charge is 2.64. The lowest BCUT2D eigenvalue weighted by Crippen LogP contribution is -2.41. The number of nitrogens with zero attached hydrogens (tertiary/aromatic N) is 5. The molecule has 1 saturated carbocycles. The minimum atomic E-state index is -4.34. The van der Waals surface area contributed by atoms with E-state index in [-0.39, 0.29) is 46.7 Å². The van der Waals surface area contributed by atoms with Crippen LogP contribution in [-0.4, -0.2) is 64.2 Å². The van der Waals surface area contributed by atoms with Crippen LogP contribution in [0.2, 0.25) is 0 Å². The number of amides is 1. The Morgan fingerprint density at radius 2 is 2.00 bits per heavy atom. The number of carbonyl (C=O) groups excluding carboxylic acids is 1. The average Bonchev–Trinajstić information content (AvgIpc) is 3.19. The van der Waals surface area contributed by atoms with Crippen LogP contribution in [-0.2, 0) is 10.0 Å². The van der Waals surface area contributed by atoms with E-state index in [9.17, 15) is 26.4 Å². The molecule has 39 heavy (non-hydrogen) atoms. The van der Waals surface area contributed by atoms with Crippen LogP contribution in [0.3, 0.4) is 0 Å². The first-order chi connectivity index (χ1) is 18.2. The molecule has 1 aliphatic carbocycles. The number of pyridine rings is 1. The Labute approximate surface area is 222 Å². The van der Waals surface area contributed by atoms with E-state index in [0.29, 0.717) is 6.54 Å². The molecule has 5 rings (SSSR count). The number of hydrogen-bond acceptors (Lipinski definition) is 8. The van der Waals surface area contributed by atoms with Gasteiger partial charge < -0.3 is 9.64 Å². The number of nitrogens with one attached hydrogen (secondary N) is 2. The summed E-state index contributed by atoms with van der Waals surface area (Å²) in [5.74, 6) is -0.0387. The summed E-state index contributed by atoms with van der Waals surface area (Å²) in [5, 5.41) is 10.2. The van der Waals surface area contributed by atoms with Gasteiger partial charge in [0.25, 0.3) is 15.9 Å². The van der Waals surface area contributed by atoms with Crippen molar-refractivity contribution in [2.24, 2.45) is 11.3 Å². The number of rotatable bonds is 8. The first-order valence-corrected chi connectivity index (χ1v) is 13.8. The number of anilines is 1. The van der Waals surface area contributed by atoms with Crippen molar-refractivity contribution in [3.63, 3.8) is 0 Å². The Bertz CT molecular complexity index is 1480. The van der Waals surface area contributed by atoms with Gasteiger partial charge >= 0.3 is 6.18 Å². The quantitative estimate of drug-likeness (QED) is 0.423. The van der Waals surface area contributed by atoms with Gasteiger partial charge in [-0.3, -0.25) is 9.89 Å². The molecule has 0 unspecified atom stereocenters. The fraction of sp³-hybridized carbons (Fsp3) is 0.500. The molecule has 2 N–H and O–H groups in total. The second kappa shape index (κ2) is 9.24. The number of hydrogen-bond donors (Lipinski definition) is 2. The van der Waals surface area contributed by atoms with Gasteiger partial charge in [-0.1, -0.05) is 6.92 Å². The van der Waals surface area contributed by atoms with Gasteiger partial charge in [0.2, 0.25) is 5.88 Å². The van der Waals surface area contributed by atoms with Crippen LogP contribution in [0.5, 0.6) is 5.88 Å². The molecule has 1 amide bonds. The number of aromatic amines is 1. The van der Waals surface area contributed by atoms with Crippen molar-refractivity contribution in [1.82, 2.24) is 29.7 Å². The molecule has 2 aliphatic rings. The third-order valence-corrected chi connectivity index (χ3v) is 8.49. The first kappa shape index (κ1) is 27.0. The second-order valence-electron chi connectivity index (χ2n) is 10.8. The van der Waals surface area contributed by atoms with Crippen LogP contribution in [0.4, 0.5) is 19.0 Å². The fourth-order valence-electron chi connectivity index (χ4n) is 4.91. The lowest BCUT2D eigenvalue weighted by Gasteiger charge is -2.34. The smallest absolute Gasteiger partial charge is 0.397 e. The van der Waals surface area contributed by atoms with Crippen molar-refractivity contribution in [2.45, 2.75) is 56.6 Å². The van der Waals surface area contributed by atoms with E-state index in [0.717, 1.165) is 18.8 Å². The summed E-state index contributed by atoms with van der Waals surface area (Å²) in [6.07, 6.45) is 0.245. The summed E-state index contributed by atoms with van der Waals surface area (Å²) in [4.78, 5) is 19.6. The maximum atomic E-state index is 13.2. The lowest BCUT2D eigenvalue weighted by molar-refractivity contribution is -0.194. The third-order valence-electron chi connectivity index (χ3n) is 7.19. The Balaban J connectivity index is 1.44. The standard InChI is InChI=1S/C24H28F3N7O4S/c1-15-10-22(2,3)33(13-15)20-17(21(35)32-39(36,37)16-11-28-29-12-16)4-5-18(30-20)34-9-6-19(31-34)38-14-23(7-8-23)24(25,26)27/h4-6,9,11-12,15H,7-8,10,13-14H2,1-3H3,(H,28,29)(H,32,35)/t15-/m0/s1. The van der Waals surface area contributed by atoms with Crippen LogP contribution in [0.1, 0.15) is 50.4 Å². The average molecular weight is 568 g/mol. The number of ether oxygens (including phenoxy) is 1. The Morgan fingerprint density at radius 1 is 1.26 bits per heavy atom. The Hall–Kier alpha value is -3.62. The molecule has 0 aromatic carbocycles. The number of sulfonamides is 1. The van der Waals surface area contributed by atoms with Crippen LogP contribution in [0.25, 0.3) is 5.82 Å². The zero-order valence-corrected chi connectivity index (χ0v) is 22.3. The zero-order chi connectivity index (χ0) is 28.2. The Morgan fingerprint density at radius 3 is 2.59 bits per heavy atom. The van der Waals surface area contributed by atoms with E-state index in [2.05, 4.69) is 31.9 Å². The number of halogens is 3. The molecule has 1 saturated heterocycles. The monoisotopic (exact) mass is 567 g/mol. The number of aromatic nitrogens is 5. The van der Waals surface area contributed by atoms with E-state index in [1.165, 1.54) is 29.1 Å². The summed E-state index contributed by atoms with van der Waals surface area (Å²) in [5.41, 5.74) is -2.18. The molecular weight excluding hydrogens is 539 g/mol. The molecular formula is C24H28F3N7O4S. The molecule has 1 aliphatic heterocycles. The summed E-state index contributed by atoms with van der Waals surface area (Å²) < 4.78 is 73.8. The van der Waals surface area contributed by atoms with E-state index in [4.69, 9.17) is 4.74 Å². The van der Waals surface area contributed by atoms with Crippen LogP contribution >= 0.6 is 0 Å². The van der Waals surface area contributed by atoms with Crippen LogP contribution in [0, 0.1) is 11.3 Å². The first-order valence-electron chi connectivity index (χ1n) is 12.3. The molecule has 3 aromatic rings. The van der Waals surface area contributed by atoms with E-state index in [1.54, 1.807) is 0 Å².